The number of rotatable bonds is 13. The summed E-state index contributed by atoms with van der Waals surface area (Å²) in [6.45, 7) is 1.70. The molecule has 3 unspecified atom stereocenters. The molecule has 0 aliphatic rings. The summed E-state index contributed by atoms with van der Waals surface area (Å²) >= 11 is 0. The molecule has 0 spiro atoms. The van der Waals surface area contributed by atoms with Gasteiger partial charge in [0.1, 0.15) is 25.1 Å². The summed E-state index contributed by atoms with van der Waals surface area (Å²) in [7, 11) is 1.62. The molecule has 1 heterocycles. The molecule has 0 aliphatic carbocycles. The number of H-pyrrole nitrogens is 1. The van der Waals surface area contributed by atoms with Crippen molar-refractivity contribution in [1.29, 1.82) is 0 Å². The zero-order valence-corrected chi connectivity index (χ0v) is 21.7. The van der Waals surface area contributed by atoms with E-state index in [2.05, 4.69) is 16.4 Å². The van der Waals surface area contributed by atoms with Crippen LogP contribution in [0.3, 0.4) is 0 Å². The average Bonchev–Trinajstić information content (AvgIpc) is 3.35. The van der Waals surface area contributed by atoms with E-state index in [-0.39, 0.29) is 6.61 Å². The second kappa shape index (κ2) is 14.7. The van der Waals surface area contributed by atoms with Gasteiger partial charge in [-0.2, -0.15) is 0 Å². The number of methoxy groups -OCH3 is 1. The van der Waals surface area contributed by atoms with E-state index in [4.69, 9.17) is 34.6 Å². The number of carbonyl (C=O) groups is 2. The number of aromatic nitrogens is 1. The van der Waals surface area contributed by atoms with Crippen LogP contribution in [0.15, 0.2) is 66.7 Å². The summed E-state index contributed by atoms with van der Waals surface area (Å²) < 4.78 is 16.9. The number of fused-ring (bicyclic) bond motifs is 3. The lowest BCUT2D eigenvalue weighted by molar-refractivity contribution is -0.165. The summed E-state index contributed by atoms with van der Waals surface area (Å²) in [5, 5.41) is 48.2. The molecule has 0 fully saturated rings. The monoisotopic (exact) mass is 556 g/mol. The fraction of sp³-hybridized carbons (Fsp3) is 0.286. The van der Waals surface area contributed by atoms with Gasteiger partial charge >= 0.3 is 11.9 Å². The smallest absolute Gasteiger partial charge is 0.335 e. The molecular formula is C28H32N2O10. The zero-order valence-electron chi connectivity index (χ0n) is 21.7. The summed E-state index contributed by atoms with van der Waals surface area (Å²) in [5.41, 5.74) is 2.09. The highest BCUT2D eigenvalue weighted by molar-refractivity contribution is 6.10. The Balaban J connectivity index is 0.000000378. The molecule has 40 heavy (non-hydrogen) atoms. The lowest BCUT2D eigenvalue weighted by atomic mass is 10.1. The number of aliphatic hydroxyl groups excluding tert-OH is 3. The fourth-order valence-electron chi connectivity index (χ4n) is 3.74. The number of benzene rings is 3. The van der Waals surface area contributed by atoms with Gasteiger partial charge < -0.3 is 50.0 Å². The second-order valence-corrected chi connectivity index (χ2v) is 8.58. The van der Waals surface area contributed by atoms with Gasteiger partial charge in [0.2, 0.25) is 0 Å². The van der Waals surface area contributed by atoms with Crippen molar-refractivity contribution in [2.45, 2.75) is 18.3 Å². The van der Waals surface area contributed by atoms with E-state index in [9.17, 15) is 14.7 Å². The molecule has 0 amide bonds. The van der Waals surface area contributed by atoms with E-state index >= 15 is 0 Å². The second-order valence-electron chi connectivity index (χ2n) is 8.58. The Hall–Kier alpha value is -4.36. The largest absolute Gasteiger partial charge is 0.493 e. The van der Waals surface area contributed by atoms with Crippen molar-refractivity contribution in [3.63, 3.8) is 0 Å². The Labute approximate surface area is 229 Å². The van der Waals surface area contributed by atoms with Gasteiger partial charge in [-0.15, -0.1) is 0 Å². The average molecular weight is 557 g/mol. The number of ether oxygens (including phenoxy) is 3. The molecule has 214 valence electrons. The Morgan fingerprint density at radius 3 is 2.08 bits per heavy atom. The van der Waals surface area contributed by atoms with Crippen LogP contribution in [-0.2, 0) is 9.59 Å². The van der Waals surface area contributed by atoms with E-state index in [1.165, 1.54) is 0 Å². The number of aromatic amines is 1. The van der Waals surface area contributed by atoms with E-state index < -0.39 is 30.3 Å². The van der Waals surface area contributed by atoms with Crippen LogP contribution >= 0.6 is 0 Å². The minimum Gasteiger partial charge on any atom is -0.493 e. The Morgan fingerprint density at radius 1 is 0.800 bits per heavy atom. The predicted octanol–water partition coefficient (Wildman–Crippen LogP) is 1.62. The minimum absolute atomic E-state index is 0.207. The maximum absolute atomic E-state index is 10.3. The first-order valence-corrected chi connectivity index (χ1v) is 12.3. The summed E-state index contributed by atoms with van der Waals surface area (Å²) in [5.74, 6) is -1.36. The quantitative estimate of drug-likeness (QED) is 0.118. The molecule has 3 aromatic carbocycles. The van der Waals surface area contributed by atoms with E-state index in [1.54, 1.807) is 7.11 Å². The number of aliphatic hydroxyl groups is 3. The van der Waals surface area contributed by atoms with Gasteiger partial charge in [-0.25, -0.2) is 9.59 Å². The maximum Gasteiger partial charge on any atom is 0.335 e. The lowest BCUT2D eigenvalue weighted by Gasteiger charge is -2.15. The van der Waals surface area contributed by atoms with Crippen molar-refractivity contribution < 1.29 is 49.3 Å². The van der Waals surface area contributed by atoms with E-state index in [0.717, 1.165) is 27.6 Å². The predicted molar refractivity (Wildman–Crippen MR) is 146 cm³/mol. The van der Waals surface area contributed by atoms with Crippen LogP contribution in [0, 0.1) is 0 Å². The molecule has 3 atom stereocenters. The van der Waals surface area contributed by atoms with Gasteiger partial charge in [0.25, 0.3) is 0 Å². The van der Waals surface area contributed by atoms with E-state index in [1.807, 2.05) is 60.7 Å². The Bertz CT molecular complexity index is 1390. The van der Waals surface area contributed by atoms with Gasteiger partial charge in [-0.05, 0) is 30.3 Å². The van der Waals surface area contributed by atoms with E-state index in [0.29, 0.717) is 31.2 Å². The van der Waals surface area contributed by atoms with Crippen LogP contribution in [0.25, 0.3) is 21.8 Å². The number of aliphatic carboxylic acids is 2. The lowest BCUT2D eigenvalue weighted by Crippen LogP contribution is -2.39. The van der Waals surface area contributed by atoms with Crippen molar-refractivity contribution in [2.75, 3.05) is 33.4 Å². The first kappa shape index (κ1) is 30.2. The standard InChI is InChI=1S/C24H26N2O4.C4H6O6/c1-28-21-10-4-5-11-22(21)29-14-13-25-15-17(27)16-30-23-12-6-9-20-24(23)18-7-2-3-8-19(18)26-20;5-1(3(7)8)2(6)4(9)10/h2-12,17,25-27H,13-16H2,1H3;1-2,5-6H,(H,7,8)(H,9,10). The first-order chi connectivity index (χ1) is 19.2. The topological polar surface area (TPSA) is 191 Å². The highest BCUT2D eigenvalue weighted by atomic mass is 16.5. The molecule has 0 saturated carbocycles. The Morgan fingerprint density at radius 2 is 1.40 bits per heavy atom. The molecule has 0 radical (unpaired) electrons. The van der Waals surface area contributed by atoms with Gasteiger partial charge in [0, 0.05) is 29.4 Å². The number of para-hydroxylation sites is 3. The van der Waals surface area contributed by atoms with Crippen molar-refractivity contribution in [3.8, 4) is 17.2 Å². The van der Waals surface area contributed by atoms with Gasteiger partial charge in [-0.3, -0.25) is 0 Å². The summed E-state index contributed by atoms with van der Waals surface area (Å²) in [4.78, 5) is 22.9. The number of hydrogen-bond acceptors (Lipinski definition) is 9. The minimum atomic E-state index is -2.27. The number of carboxylic acids is 2. The number of carboxylic acid groups (broad SMARTS) is 2. The third-order valence-electron chi connectivity index (χ3n) is 5.71. The molecular weight excluding hydrogens is 524 g/mol. The molecule has 7 N–H and O–H groups in total. The molecule has 0 saturated heterocycles. The number of nitrogens with one attached hydrogen (secondary N) is 2. The third-order valence-corrected chi connectivity index (χ3v) is 5.71. The molecule has 12 nitrogen and oxygen atoms in total. The SMILES string of the molecule is COc1ccccc1OCCNCC(O)COc1cccc2[nH]c3ccccc3c12.O=C(O)C(O)C(O)C(=O)O. The van der Waals surface area contributed by atoms with Crippen molar-refractivity contribution >= 4 is 33.7 Å². The van der Waals surface area contributed by atoms with Crippen molar-refractivity contribution in [2.24, 2.45) is 0 Å². The molecule has 0 aliphatic heterocycles. The van der Waals surface area contributed by atoms with Crippen LogP contribution in [-0.4, -0.2) is 94.2 Å². The van der Waals surface area contributed by atoms with Crippen LogP contribution < -0.4 is 19.5 Å². The molecule has 4 rings (SSSR count). The van der Waals surface area contributed by atoms with Crippen LogP contribution in [0.2, 0.25) is 0 Å². The van der Waals surface area contributed by atoms with Crippen molar-refractivity contribution in [3.05, 3.63) is 66.7 Å². The van der Waals surface area contributed by atoms with Gasteiger partial charge in [0.15, 0.2) is 23.7 Å². The summed E-state index contributed by atoms with van der Waals surface area (Å²) in [6, 6.07) is 21.6. The third kappa shape index (κ3) is 8.07. The normalized spacial score (nSPS) is 13.1. The molecule has 12 heteroatoms. The zero-order chi connectivity index (χ0) is 29.1. The highest BCUT2D eigenvalue weighted by Gasteiger charge is 2.29. The van der Waals surface area contributed by atoms with Crippen LogP contribution in [0.1, 0.15) is 0 Å². The van der Waals surface area contributed by atoms with Crippen LogP contribution in [0.5, 0.6) is 17.2 Å². The Kier molecular flexibility index (Phi) is 11.1. The summed E-state index contributed by atoms with van der Waals surface area (Å²) in [6.07, 6.45) is -5.16. The van der Waals surface area contributed by atoms with Gasteiger partial charge in [-0.1, -0.05) is 36.4 Å². The molecule has 1 aromatic heterocycles. The van der Waals surface area contributed by atoms with Gasteiger partial charge in [0.05, 0.1) is 12.6 Å². The van der Waals surface area contributed by atoms with Crippen molar-refractivity contribution in [1.82, 2.24) is 10.3 Å². The fourth-order valence-corrected chi connectivity index (χ4v) is 3.74. The maximum atomic E-state index is 10.3. The van der Waals surface area contributed by atoms with Crippen LogP contribution in [0.4, 0.5) is 0 Å². The highest BCUT2D eigenvalue weighted by Crippen LogP contribution is 2.33. The first-order valence-electron chi connectivity index (χ1n) is 12.3. The molecule has 4 aromatic rings. The number of hydrogen-bond donors (Lipinski definition) is 7. The molecule has 0 bridgehead atoms.